The van der Waals surface area contributed by atoms with Crippen LogP contribution in [0.3, 0.4) is 0 Å². The monoisotopic (exact) mass is 367 g/mol. The molecule has 1 saturated heterocycles. The summed E-state index contributed by atoms with van der Waals surface area (Å²) in [6.07, 6.45) is 0.789. The van der Waals surface area contributed by atoms with E-state index in [4.69, 9.17) is 9.47 Å². The van der Waals surface area contributed by atoms with Crippen LogP contribution in [0.15, 0.2) is 54.6 Å². The summed E-state index contributed by atoms with van der Waals surface area (Å²) in [6, 6.07) is 18.6. The molecular weight excluding hydrogens is 338 g/mol. The molecule has 4 nitrogen and oxygen atoms in total. The van der Waals surface area contributed by atoms with E-state index < -0.39 is 5.60 Å². The summed E-state index contributed by atoms with van der Waals surface area (Å²) in [5.74, 6) is 0. The largest absolute Gasteiger partial charge is 0.444 e. The summed E-state index contributed by atoms with van der Waals surface area (Å²) in [6.45, 7) is 8.27. The van der Waals surface area contributed by atoms with Crippen LogP contribution in [0.25, 0.3) is 0 Å². The highest BCUT2D eigenvalue weighted by atomic mass is 16.6. The second-order valence-corrected chi connectivity index (χ2v) is 8.22. The van der Waals surface area contributed by atoms with Gasteiger partial charge >= 0.3 is 6.09 Å². The molecule has 0 aromatic heterocycles. The molecule has 0 N–H and O–H groups in total. The van der Waals surface area contributed by atoms with E-state index in [-0.39, 0.29) is 18.4 Å². The minimum Gasteiger partial charge on any atom is -0.444 e. The molecule has 2 aromatic rings. The SMILES string of the molecule is Cc1ccc(C[C@H]2O[C@@H](Cc3ccccc3)CN2C(=O)OC(C)(C)C)cc1. The fourth-order valence-electron chi connectivity index (χ4n) is 3.26. The fraction of sp³-hybridized carbons (Fsp3) is 0.435. The summed E-state index contributed by atoms with van der Waals surface area (Å²) in [4.78, 5) is 14.5. The van der Waals surface area contributed by atoms with Crippen molar-refractivity contribution >= 4 is 6.09 Å². The van der Waals surface area contributed by atoms with Crippen LogP contribution >= 0.6 is 0 Å². The van der Waals surface area contributed by atoms with E-state index in [1.807, 2.05) is 39.0 Å². The van der Waals surface area contributed by atoms with Gasteiger partial charge in [0.2, 0.25) is 0 Å². The molecule has 3 rings (SSSR count). The van der Waals surface area contributed by atoms with E-state index in [0.717, 1.165) is 12.0 Å². The summed E-state index contributed by atoms with van der Waals surface area (Å²) in [7, 11) is 0. The first-order valence-corrected chi connectivity index (χ1v) is 9.55. The van der Waals surface area contributed by atoms with Crippen LogP contribution in [-0.2, 0) is 22.3 Å². The minimum absolute atomic E-state index is 0.0321. The Labute approximate surface area is 162 Å². The van der Waals surface area contributed by atoms with Crippen molar-refractivity contribution < 1.29 is 14.3 Å². The third kappa shape index (κ3) is 5.57. The Morgan fingerprint density at radius 3 is 2.30 bits per heavy atom. The number of amides is 1. The van der Waals surface area contributed by atoms with Crippen LogP contribution in [0, 0.1) is 6.92 Å². The predicted octanol–water partition coefficient (Wildman–Crippen LogP) is 4.74. The normalized spacial score (nSPS) is 19.9. The number of ether oxygens (including phenoxy) is 2. The second kappa shape index (κ2) is 8.13. The number of nitrogens with zero attached hydrogens (tertiary/aromatic N) is 1. The topological polar surface area (TPSA) is 38.8 Å². The van der Waals surface area contributed by atoms with Crippen molar-refractivity contribution in [2.45, 2.75) is 58.5 Å². The standard InChI is InChI=1S/C23H29NO3/c1-17-10-12-19(13-11-17)15-21-24(22(25)27-23(2,3)4)16-20(26-21)14-18-8-6-5-7-9-18/h5-13,20-21H,14-16H2,1-4H3/t20-,21+/m0/s1. The summed E-state index contributed by atoms with van der Waals surface area (Å²) < 4.78 is 11.9. The van der Waals surface area contributed by atoms with Crippen LogP contribution in [-0.4, -0.2) is 35.5 Å². The van der Waals surface area contributed by atoms with Crippen molar-refractivity contribution in [3.8, 4) is 0 Å². The van der Waals surface area contributed by atoms with Crippen molar-refractivity contribution in [3.05, 3.63) is 71.3 Å². The van der Waals surface area contributed by atoms with Crippen molar-refractivity contribution in [2.75, 3.05) is 6.54 Å². The molecule has 27 heavy (non-hydrogen) atoms. The summed E-state index contributed by atoms with van der Waals surface area (Å²) >= 11 is 0. The zero-order valence-electron chi connectivity index (χ0n) is 16.6. The van der Waals surface area contributed by atoms with Crippen LogP contribution in [0.1, 0.15) is 37.5 Å². The van der Waals surface area contributed by atoms with E-state index in [1.54, 1.807) is 4.90 Å². The smallest absolute Gasteiger partial charge is 0.412 e. The van der Waals surface area contributed by atoms with E-state index in [9.17, 15) is 4.79 Å². The molecule has 0 spiro atoms. The number of hydrogen-bond donors (Lipinski definition) is 0. The number of hydrogen-bond acceptors (Lipinski definition) is 3. The van der Waals surface area contributed by atoms with Gasteiger partial charge in [0.25, 0.3) is 0 Å². The van der Waals surface area contributed by atoms with Crippen LogP contribution < -0.4 is 0 Å². The van der Waals surface area contributed by atoms with Crippen LogP contribution in [0.5, 0.6) is 0 Å². The zero-order chi connectivity index (χ0) is 19.4. The van der Waals surface area contributed by atoms with E-state index in [1.165, 1.54) is 11.1 Å². The molecule has 0 radical (unpaired) electrons. The molecule has 0 bridgehead atoms. The maximum atomic E-state index is 12.7. The molecule has 2 aromatic carbocycles. The molecule has 1 aliphatic rings. The van der Waals surface area contributed by atoms with Crippen molar-refractivity contribution in [2.24, 2.45) is 0 Å². The number of carbonyl (C=O) groups excluding carboxylic acids is 1. The molecule has 4 heteroatoms. The molecule has 0 aliphatic carbocycles. The van der Waals surface area contributed by atoms with Gasteiger partial charge in [0.1, 0.15) is 11.8 Å². The molecule has 0 saturated carbocycles. The Morgan fingerprint density at radius 2 is 1.67 bits per heavy atom. The highest BCUT2D eigenvalue weighted by Crippen LogP contribution is 2.25. The summed E-state index contributed by atoms with van der Waals surface area (Å²) in [5.41, 5.74) is 3.06. The van der Waals surface area contributed by atoms with Gasteiger partial charge in [-0.3, -0.25) is 4.90 Å². The van der Waals surface area contributed by atoms with Crippen LogP contribution in [0.2, 0.25) is 0 Å². The summed E-state index contributed by atoms with van der Waals surface area (Å²) in [5, 5.41) is 0. The first kappa shape index (κ1) is 19.4. The Balaban J connectivity index is 1.73. The van der Waals surface area contributed by atoms with Crippen molar-refractivity contribution in [3.63, 3.8) is 0 Å². The Morgan fingerprint density at radius 1 is 1.04 bits per heavy atom. The number of aryl methyl sites for hydroxylation is 1. The number of benzene rings is 2. The molecule has 1 aliphatic heterocycles. The lowest BCUT2D eigenvalue weighted by molar-refractivity contribution is -0.0202. The molecular formula is C23H29NO3. The quantitative estimate of drug-likeness (QED) is 0.783. The minimum atomic E-state index is -0.525. The molecule has 1 heterocycles. The fourth-order valence-corrected chi connectivity index (χ4v) is 3.26. The van der Waals surface area contributed by atoms with E-state index in [2.05, 4.69) is 43.3 Å². The van der Waals surface area contributed by atoms with Gasteiger partial charge in [-0.05, 0) is 38.8 Å². The lowest BCUT2D eigenvalue weighted by Gasteiger charge is -2.27. The number of rotatable bonds is 4. The molecule has 144 valence electrons. The molecule has 2 atom stereocenters. The maximum Gasteiger partial charge on any atom is 0.412 e. The highest BCUT2D eigenvalue weighted by Gasteiger charge is 2.38. The van der Waals surface area contributed by atoms with Gasteiger partial charge in [0.15, 0.2) is 0 Å². The van der Waals surface area contributed by atoms with Gasteiger partial charge in [-0.25, -0.2) is 4.79 Å². The lowest BCUT2D eigenvalue weighted by atomic mass is 10.1. The predicted molar refractivity (Wildman–Crippen MR) is 107 cm³/mol. The highest BCUT2D eigenvalue weighted by molar-refractivity contribution is 5.68. The average molecular weight is 367 g/mol. The molecule has 1 amide bonds. The second-order valence-electron chi connectivity index (χ2n) is 8.22. The molecule has 1 fully saturated rings. The first-order chi connectivity index (χ1) is 12.8. The zero-order valence-corrected chi connectivity index (χ0v) is 16.6. The van der Waals surface area contributed by atoms with Gasteiger partial charge in [0, 0.05) is 12.8 Å². The van der Waals surface area contributed by atoms with Gasteiger partial charge in [-0.1, -0.05) is 60.2 Å². The lowest BCUT2D eigenvalue weighted by Crippen LogP contribution is -2.41. The molecule has 0 unspecified atom stereocenters. The Bertz CT molecular complexity index is 749. The van der Waals surface area contributed by atoms with Gasteiger partial charge in [-0.15, -0.1) is 0 Å². The van der Waals surface area contributed by atoms with Crippen molar-refractivity contribution in [1.82, 2.24) is 4.90 Å². The maximum absolute atomic E-state index is 12.7. The van der Waals surface area contributed by atoms with Gasteiger partial charge in [-0.2, -0.15) is 0 Å². The Hall–Kier alpha value is -2.33. The van der Waals surface area contributed by atoms with Gasteiger partial charge < -0.3 is 9.47 Å². The van der Waals surface area contributed by atoms with Gasteiger partial charge in [0.05, 0.1) is 12.6 Å². The average Bonchev–Trinajstić information content (AvgIpc) is 2.99. The van der Waals surface area contributed by atoms with Crippen molar-refractivity contribution in [1.29, 1.82) is 0 Å². The third-order valence-electron chi connectivity index (χ3n) is 4.56. The first-order valence-electron chi connectivity index (χ1n) is 9.55. The van der Waals surface area contributed by atoms with E-state index >= 15 is 0 Å². The van der Waals surface area contributed by atoms with E-state index in [0.29, 0.717) is 13.0 Å². The van der Waals surface area contributed by atoms with Crippen LogP contribution in [0.4, 0.5) is 4.79 Å². The number of carbonyl (C=O) groups is 1. The third-order valence-corrected chi connectivity index (χ3v) is 4.56. The Kier molecular flexibility index (Phi) is 5.85.